The van der Waals surface area contributed by atoms with E-state index in [-0.39, 0.29) is 17.3 Å². The zero-order valence-corrected chi connectivity index (χ0v) is 24.7. The molecule has 0 aromatic heterocycles. The molecule has 0 atom stereocenters. The molecule has 46 heavy (non-hydrogen) atoms. The van der Waals surface area contributed by atoms with Gasteiger partial charge in [0.25, 0.3) is 0 Å². The van der Waals surface area contributed by atoms with Crippen molar-refractivity contribution in [2.45, 2.75) is 0 Å². The van der Waals surface area contributed by atoms with E-state index in [1.807, 2.05) is 121 Å². The number of rotatable bonds is 7. The average Bonchev–Trinajstić information content (AvgIpc) is 3.14. The number of carbonyl (C=O) groups excluding carboxylic acids is 3. The number of hydrogen-bond donors (Lipinski definition) is 0. The van der Waals surface area contributed by atoms with E-state index in [1.165, 1.54) is 0 Å². The van der Waals surface area contributed by atoms with E-state index >= 15 is 0 Å². The van der Waals surface area contributed by atoms with Crippen LogP contribution >= 0.6 is 0 Å². The fourth-order valence-corrected chi connectivity index (χ4v) is 6.81. The van der Waals surface area contributed by atoms with Crippen molar-refractivity contribution in [1.29, 1.82) is 0 Å². The molecule has 0 heterocycles. The molecule has 216 valence electrons. The molecule has 0 saturated carbocycles. The molecular formula is C43H26O3. The molecule has 0 spiro atoms. The minimum absolute atomic E-state index is 0.135. The quantitative estimate of drug-likeness (QED) is 0.137. The van der Waals surface area contributed by atoms with Crippen LogP contribution in [0.3, 0.4) is 0 Å². The second-order valence-corrected chi connectivity index (χ2v) is 11.4. The van der Waals surface area contributed by atoms with Crippen LogP contribution in [0.5, 0.6) is 0 Å². The highest BCUT2D eigenvalue weighted by atomic mass is 16.1. The maximum Gasteiger partial charge on any atom is 0.194 e. The minimum Gasteiger partial charge on any atom is -0.289 e. The van der Waals surface area contributed by atoms with E-state index < -0.39 is 0 Å². The van der Waals surface area contributed by atoms with Crippen molar-refractivity contribution in [2.75, 3.05) is 0 Å². The van der Waals surface area contributed by atoms with Gasteiger partial charge in [0.1, 0.15) is 0 Å². The van der Waals surface area contributed by atoms with Gasteiger partial charge in [-0.15, -0.1) is 0 Å². The predicted molar refractivity (Wildman–Crippen MR) is 185 cm³/mol. The maximum atomic E-state index is 14.6. The molecule has 2 bridgehead atoms. The van der Waals surface area contributed by atoms with Gasteiger partial charge in [-0.1, -0.05) is 158 Å². The monoisotopic (exact) mass is 590 g/mol. The third kappa shape index (κ3) is 4.25. The van der Waals surface area contributed by atoms with Crippen LogP contribution in [-0.2, 0) is 0 Å². The van der Waals surface area contributed by atoms with E-state index in [1.54, 1.807) is 24.3 Å². The third-order valence-electron chi connectivity index (χ3n) is 8.81. The maximum absolute atomic E-state index is 14.6. The first-order valence-electron chi connectivity index (χ1n) is 15.2. The van der Waals surface area contributed by atoms with Crippen molar-refractivity contribution in [3.63, 3.8) is 0 Å². The van der Waals surface area contributed by atoms with Gasteiger partial charge < -0.3 is 0 Å². The van der Waals surface area contributed by atoms with E-state index in [4.69, 9.17) is 0 Å². The molecule has 0 saturated heterocycles. The van der Waals surface area contributed by atoms with Crippen LogP contribution in [0.15, 0.2) is 158 Å². The molecule has 3 nitrogen and oxygen atoms in total. The van der Waals surface area contributed by atoms with Crippen molar-refractivity contribution < 1.29 is 14.4 Å². The molecule has 0 radical (unpaired) electrons. The van der Waals surface area contributed by atoms with Gasteiger partial charge in [-0.25, -0.2) is 0 Å². The summed E-state index contributed by atoms with van der Waals surface area (Å²) in [7, 11) is 0. The molecule has 9 aromatic carbocycles. The molecule has 0 amide bonds. The van der Waals surface area contributed by atoms with Gasteiger partial charge in [0.05, 0.1) is 0 Å². The van der Waals surface area contributed by atoms with Gasteiger partial charge in [-0.05, 0) is 38.1 Å². The molecule has 0 unspecified atom stereocenters. The Hall–Kier alpha value is -6.19. The second-order valence-electron chi connectivity index (χ2n) is 11.4. The second kappa shape index (κ2) is 11.1. The minimum atomic E-state index is -0.255. The Bertz CT molecular complexity index is 2430. The molecule has 9 rings (SSSR count). The van der Waals surface area contributed by atoms with Gasteiger partial charge >= 0.3 is 0 Å². The number of hydrogen-bond acceptors (Lipinski definition) is 3. The third-order valence-corrected chi connectivity index (χ3v) is 8.81. The summed E-state index contributed by atoms with van der Waals surface area (Å²) in [4.78, 5) is 43.7. The number of ketones is 3. The lowest BCUT2D eigenvalue weighted by Gasteiger charge is -2.24. The molecule has 0 fully saturated rings. The van der Waals surface area contributed by atoms with Crippen molar-refractivity contribution >= 4 is 49.7 Å². The van der Waals surface area contributed by atoms with Crippen LogP contribution in [0.2, 0.25) is 0 Å². The summed E-state index contributed by atoms with van der Waals surface area (Å²) in [6.07, 6.45) is 0. The van der Waals surface area contributed by atoms with Crippen LogP contribution in [-0.4, -0.2) is 17.3 Å². The summed E-state index contributed by atoms with van der Waals surface area (Å²) in [5.41, 5.74) is 4.62. The standard InChI is InChI=1S/C43H26O3/c44-41(28-17-7-2-8-18-28)38-32-24-14-13-23-31(32)35(27-15-5-1-6-16-27)36-33-25-26-34(37(36)38)40(43(46)30-21-11-4-12-22-30)39(33)42(45)29-19-9-3-10-20-29/h1-26H. The topological polar surface area (TPSA) is 51.2 Å². The number of carbonyl (C=O) groups is 3. The van der Waals surface area contributed by atoms with Crippen molar-refractivity contribution in [2.24, 2.45) is 0 Å². The zero-order valence-electron chi connectivity index (χ0n) is 24.7. The summed E-state index contributed by atoms with van der Waals surface area (Å²) in [5.74, 6) is -0.621. The van der Waals surface area contributed by atoms with Gasteiger partial charge in [0.15, 0.2) is 17.3 Å². The van der Waals surface area contributed by atoms with Gasteiger partial charge in [-0.2, -0.15) is 0 Å². The van der Waals surface area contributed by atoms with Crippen LogP contribution in [0.25, 0.3) is 43.4 Å². The average molecular weight is 591 g/mol. The van der Waals surface area contributed by atoms with E-state index in [2.05, 4.69) is 12.1 Å². The fraction of sp³-hybridized carbons (Fsp3) is 0. The summed E-state index contributed by atoms with van der Waals surface area (Å²) < 4.78 is 0. The smallest absolute Gasteiger partial charge is 0.194 e. The molecule has 0 aliphatic heterocycles. The molecule has 0 aliphatic carbocycles. The molecule has 9 aromatic rings. The molecule has 3 heteroatoms. The number of benzene rings is 9. The molecular weight excluding hydrogens is 564 g/mol. The number of fused-ring (bicyclic) bond motifs is 3. The lowest BCUT2D eigenvalue weighted by molar-refractivity contribution is 0.101. The summed E-state index contributed by atoms with van der Waals surface area (Å²) in [6.45, 7) is 0. The first kappa shape index (κ1) is 27.4. The van der Waals surface area contributed by atoms with Crippen molar-refractivity contribution in [1.82, 2.24) is 0 Å². The largest absolute Gasteiger partial charge is 0.289 e. The Morgan fingerprint density at radius 1 is 0.304 bits per heavy atom. The zero-order chi connectivity index (χ0) is 31.2. The Balaban J connectivity index is 1.61. The van der Waals surface area contributed by atoms with Crippen LogP contribution in [0.4, 0.5) is 0 Å². The molecule has 0 aliphatic rings. The van der Waals surface area contributed by atoms with Gasteiger partial charge in [0.2, 0.25) is 0 Å². The van der Waals surface area contributed by atoms with Crippen LogP contribution in [0, 0.1) is 0 Å². The summed E-state index contributed by atoms with van der Waals surface area (Å²) in [6, 6.07) is 49.2. The lowest BCUT2D eigenvalue weighted by Crippen LogP contribution is -2.15. The Morgan fingerprint density at radius 2 is 0.674 bits per heavy atom. The fourth-order valence-electron chi connectivity index (χ4n) is 6.81. The Labute approximate surface area is 265 Å². The van der Waals surface area contributed by atoms with Gasteiger partial charge in [-0.3, -0.25) is 14.4 Å². The summed E-state index contributed by atoms with van der Waals surface area (Å²) >= 11 is 0. The normalized spacial score (nSPS) is 11.3. The van der Waals surface area contributed by atoms with E-state index in [0.29, 0.717) is 49.5 Å². The van der Waals surface area contributed by atoms with Crippen LogP contribution < -0.4 is 0 Å². The summed E-state index contributed by atoms with van der Waals surface area (Å²) in [5, 5.41) is 4.41. The lowest BCUT2D eigenvalue weighted by atomic mass is 9.77. The Morgan fingerprint density at radius 3 is 1.15 bits per heavy atom. The molecule has 0 N–H and O–H groups in total. The Kier molecular flexibility index (Phi) is 6.58. The highest BCUT2D eigenvalue weighted by Gasteiger charge is 2.32. The van der Waals surface area contributed by atoms with Crippen molar-refractivity contribution in [3.8, 4) is 11.1 Å². The first-order valence-corrected chi connectivity index (χ1v) is 15.2. The highest BCUT2D eigenvalue weighted by Crippen LogP contribution is 2.48. The van der Waals surface area contributed by atoms with Gasteiger partial charge in [0, 0.05) is 38.8 Å². The first-order chi connectivity index (χ1) is 22.6. The highest BCUT2D eigenvalue weighted by molar-refractivity contribution is 6.40. The SMILES string of the molecule is O=C(c1ccccc1)c1c(C(=O)c2ccccc2)c2ccc1c1c(C(=O)c3ccccc3)c3ccccc3c(-c3ccccc3)c21. The predicted octanol–water partition coefficient (Wildman–Crippen LogP) is 9.94. The van der Waals surface area contributed by atoms with Crippen LogP contribution in [0.1, 0.15) is 47.8 Å². The van der Waals surface area contributed by atoms with Crippen molar-refractivity contribution in [3.05, 3.63) is 191 Å². The van der Waals surface area contributed by atoms with E-state index in [9.17, 15) is 14.4 Å². The van der Waals surface area contributed by atoms with E-state index in [0.717, 1.165) is 27.3 Å².